The molecule has 1 saturated heterocycles. The number of hydrogen-bond donors (Lipinski definition) is 1. The number of anilines is 1. The van der Waals surface area contributed by atoms with Gasteiger partial charge in [-0.15, -0.1) is 0 Å². The van der Waals surface area contributed by atoms with E-state index in [2.05, 4.69) is 5.32 Å². The minimum Gasteiger partial charge on any atom is -0.491 e. The van der Waals surface area contributed by atoms with E-state index >= 15 is 0 Å². The van der Waals surface area contributed by atoms with Gasteiger partial charge in [0, 0.05) is 12.2 Å². The van der Waals surface area contributed by atoms with Gasteiger partial charge >= 0.3 is 6.18 Å². The lowest BCUT2D eigenvalue weighted by Gasteiger charge is -2.12. The number of carbonyl (C=O) groups excluding carboxylic acids is 1. The van der Waals surface area contributed by atoms with E-state index in [1.807, 2.05) is 0 Å². The fraction of sp³-hybridized carbons (Fsp3) is 0.316. The zero-order chi connectivity index (χ0) is 19.4. The van der Waals surface area contributed by atoms with E-state index in [0.29, 0.717) is 17.9 Å². The lowest BCUT2D eigenvalue weighted by molar-refractivity contribution is -0.137. The minimum absolute atomic E-state index is 0.0924. The summed E-state index contributed by atoms with van der Waals surface area (Å²) in [7, 11) is 0. The third-order valence-corrected chi connectivity index (χ3v) is 4.43. The predicted octanol–water partition coefficient (Wildman–Crippen LogP) is 5.17. The molecule has 1 atom stereocenters. The molecule has 1 N–H and O–H groups in total. The van der Waals surface area contributed by atoms with E-state index in [4.69, 9.17) is 21.1 Å². The van der Waals surface area contributed by atoms with Gasteiger partial charge in [-0.1, -0.05) is 11.6 Å². The Hall–Kier alpha value is -2.25. The van der Waals surface area contributed by atoms with Crippen LogP contribution in [0.25, 0.3) is 0 Å². The molecule has 8 heteroatoms. The summed E-state index contributed by atoms with van der Waals surface area (Å²) in [6, 6.07) is 9.21. The number of alkyl halides is 3. The van der Waals surface area contributed by atoms with Gasteiger partial charge in [-0.3, -0.25) is 4.79 Å². The van der Waals surface area contributed by atoms with Crippen LogP contribution in [-0.2, 0) is 10.9 Å². The van der Waals surface area contributed by atoms with Crippen LogP contribution in [0, 0.1) is 0 Å². The van der Waals surface area contributed by atoms with Gasteiger partial charge in [0.05, 0.1) is 22.4 Å². The molecule has 2 aromatic carbocycles. The maximum atomic E-state index is 12.7. The largest absolute Gasteiger partial charge is 0.491 e. The van der Waals surface area contributed by atoms with Crippen LogP contribution in [0.15, 0.2) is 42.5 Å². The predicted molar refractivity (Wildman–Crippen MR) is 95.3 cm³/mol. The Labute approximate surface area is 159 Å². The average Bonchev–Trinajstić information content (AvgIpc) is 3.15. The highest BCUT2D eigenvalue weighted by molar-refractivity contribution is 6.34. The molecule has 1 amide bonds. The van der Waals surface area contributed by atoms with Crippen molar-refractivity contribution in [1.82, 2.24) is 0 Å². The first-order chi connectivity index (χ1) is 12.8. The summed E-state index contributed by atoms with van der Waals surface area (Å²) >= 11 is 5.85. The van der Waals surface area contributed by atoms with Crippen molar-refractivity contribution in [2.75, 3.05) is 18.5 Å². The van der Waals surface area contributed by atoms with E-state index in [1.165, 1.54) is 0 Å². The summed E-state index contributed by atoms with van der Waals surface area (Å²) in [5, 5.41) is 2.32. The van der Waals surface area contributed by atoms with Gasteiger partial charge in [-0.25, -0.2) is 0 Å². The highest BCUT2D eigenvalue weighted by Crippen LogP contribution is 2.33. The molecular weight excluding hydrogens is 383 g/mol. The van der Waals surface area contributed by atoms with Gasteiger partial charge in [0.1, 0.15) is 12.4 Å². The second kappa shape index (κ2) is 8.19. The van der Waals surface area contributed by atoms with Crippen LogP contribution in [0.5, 0.6) is 5.75 Å². The summed E-state index contributed by atoms with van der Waals surface area (Å²) in [5.74, 6) is 0.122. The number of halogens is 4. The third-order valence-electron chi connectivity index (χ3n) is 4.12. The maximum absolute atomic E-state index is 12.7. The quantitative estimate of drug-likeness (QED) is 0.754. The SMILES string of the molecule is O=C(Nc1ccc(C(F)(F)F)cc1Cl)c1ccc(OC[C@@H]2CCCO2)cc1. The number of ether oxygens (including phenoxy) is 2. The van der Waals surface area contributed by atoms with E-state index < -0.39 is 17.6 Å². The van der Waals surface area contributed by atoms with Crippen LogP contribution in [0.3, 0.4) is 0 Å². The van der Waals surface area contributed by atoms with Crippen molar-refractivity contribution < 1.29 is 27.4 Å². The van der Waals surface area contributed by atoms with Gasteiger partial charge < -0.3 is 14.8 Å². The number of nitrogens with one attached hydrogen (secondary N) is 1. The van der Waals surface area contributed by atoms with Crippen molar-refractivity contribution in [2.24, 2.45) is 0 Å². The second-order valence-electron chi connectivity index (χ2n) is 6.12. The molecule has 1 heterocycles. The topological polar surface area (TPSA) is 47.6 Å². The van der Waals surface area contributed by atoms with Crippen LogP contribution in [0.2, 0.25) is 5.02 Å². The molecule has 0 spiro atoms. The molecule has 0 saturated carbocycles. The molecule has 4 nitrogen and oxygen atoms in total. The molecule has 27 heavy (non-hydrogen) atoms. The van der Waals surface area contributed by atoms with Crippen molar-refractivity contribution in [3.8, 4) is 5.75 Å². The molecule has 3 rings (SSSR count). The number of rotatable bonds is 5. The minimum atomic E-state index is -4.49. The van der Waals surface area contributed by atoms with Gasteiger partial charge in [-0.05, 0) is 55.3 Å². The third kappa shape index (κ3) is 5.14. The van der Waals surface area contributed by atoms with Crippen molar-refractivity contribution in [3.05, 3.63) is 58.6 Å². The molecule has 0 aliphatic carbocycles. The van der Waals surface area contributed by atoms with Crippen LogP contribution in [0.1, 0.15) is 28.8 Å². The summed E-state index contributed by atoms with van der Waals surface area (Å²) in [6.45, 7) is 1.20. The van der Waals surface area contributed by atoms with E-state index in [9.17, 15) is 18.0 Å². The lowest BCUT2D eigenvalue weighted by atomic mass is 10.1. The summed E-state index contributed by atoms with van der Waals surface area (Å²) in [5.41, 5.74) is -0.443. The molecule has 0 radical (unpaired) electrons. The normalized spacial score (nSPS) is 17.0. The molecule has 2 aromatic rings. The van der Waals surface area contributed by atoms with Crippen LogP contribution >= 0.6 is 11.6 Å². The van der Waals surface area contributed by atoms with Crippen molar-refractivity contribution in [1.29, 1.82) is 0 Å². The Morgan fingerprint density at radius 1 is 1.22 bits per heavy atom. The molecular formula is C19H17ClF3NO3. The Bertz CT molecular complexity index is 803. The van der Waals surface area contributed by atoms with Gasteiger partial charge in [0.15, 0.2) is 0 Å². The molecule has 1 fully saturated rings. The first-order valence-corrected chi connectivity index (χ1v) is 8.73. The summed E-state index contributed by atoms with van der Waals surface area (Å²) < 4.78 is 49.1. The second-order valence-corrected chi connectivity index (χ2v) is 6.52. The Balaban J connectivity index is 1.60. The number of carbonyl (C=O) groups is 1. The van der Waals surface area contributed by atoms with E-state index in [-0.39, 0.29) is 16.8 Å². The summed E-state index contributed by atoms with van der Waals surface area (Å²) in [6.07, 6.45) is -2.41. The Morgan fingerprint density at radius 3 is 2.56 bits per heavy atom. The molecule has 1 aliphatic rings. The first-order valence-electron chi connectivity index (χ1n) is 8.35. The highest BCUT2D eigenvalue weighted by atomic mass is 35.5. The molecule has 0 aromatic heterocycles. The summed E-state index contributed by atoms with van der Waals surface area (Å²) in [4.78, 5) is 12.3. The monoisotopic (exact) mass is 399 g/mol. The van der Waals surface area contributed by atoms with Gasteiger partial charge in [-0.2, -0.15) is 13.2 Å². The fourth-order valence-electron chi connectivity index (χ4n) is 2.65. The van der Waals surface area contributed by atoms with Gasteiger partial charge in [0.25, 0.3) is 5.91 Å². The Morgan fingerprint density at radius 2 is 1.96 bits per heavy atom. The van der Waals surface area contributed by atoms with Gasteiger partial charge in [0.2, 0.25) is 0 Å². The maximum Gasteiger partial charge on any atom is 0.416 e. The van der Waals surface area contributed by atoms with Crippen LogP contribution < -0.4 is 10.1 Å². The highest BCUT2D eigenvalue weighted by Gasteiger charge is 2.31. The van der Waals surface area contributed by atoms with E-state index in [0.717, 1.165) is 37.6 Å². The average molecular weight is 400 g/mol. The van der Waals surface area contributed by atoms with Crippen molar-refractivity contribution >= 4 is 23.2 Å². The Kier molecular flexibility index (Phi) is 5.92. The smallest absolute Gasteiger partial charge is 0.416 e. The van der Waals surface area contributed by atoms with E-state index in [1.54, 1.807) is 24.3 Å². The molecule has 0 bridgehead atoms. The zero-order valence-corrected chi connectivity index (χ0v) is 14.9. The number of hydrogen-bond acceptors (Lipinski definition) is 3. The standard InChI is InChI=1S/C19H17ClF3NO3/c20-16-10-13(19(21,22)23)5-8-17(16)24-18(25)12-3-6-14(7-4-12)27-11-15-2-1-9-26-15/h3-8,10,15H,1-2,9,11H2,(H,24,25)/t15-/m0/s1. The van der Waals surface area contributed by atoms with Crippen LogP contribution in [0.4, 0.5) is 18.9 Å². The number of benzene rings is 2. The zero-order valence-electron chi connectivity index (χ0n) is 14.2. The van der Waals surface area contributed by atoms with Crippen molar-refractivity contribution in [2.45, 2.75) is 25.1 Å². The van der Waals surface area contributed by atoms with Crippen LogP contribution in [-0.4, -0.2) is 25.2 Å². The molecule has 0 unspecified atom stereocenters. The molecule has 1 aliphatic heterocycles. The lowest BCUT2D eigenvalue weighted by Crippen LogP contribution is -2.16. The fourth-order valence-corrected chi connectivity index (χ4v) is 2.88. The molecule has 144 valence electrons. The first kappa shape index (κ1) is 19.5. The number of amides is 1. The van der Waals surface area contributed by atoms with Crippen molar-refractivity contribution in [3.63, 3.8) is 0 Å².